The average molecular weight is 294 g/mol. The zero-order valence-electron chi connectivity index (χ0n) is 12.4. The van der Waals surface area contributed by atoms with Crippen molar-refractivity contribution in [1.82, 2.24) is 4.90 Å². The van der Waals surface area contributed by atoms with Crippen LogP contribution in [0.1, 0.15) is 50.1 Å². The molecular formula is C17H24F2N2. The quantitative estimate of drug-likeness (QED) is 0.919. The Labute approximate surface area is 125 Å². The van der Waals surface area contributed by atoms with Crippen LogP contribution in [0.15, 0.2) is 18.2 Å². The molecule has 1 heterocycles. The third-order valence-corrected chi connectivity index (χ3v) is 5.25. The number of benzene rings is 1. The number of hydrogen-bond donors (Lipinski definition) is 1. The SMILES string of the molecule is NCC(c1cccc(F)c1F)N1CCCC1C1CCCC1. The Balaban J connectivity index is 1.86. The molecule has 4 heteroatoms. The summed E-state index contributed by atoms with van der Waals surface area (Å²) in [5.41, 5.74) is 6.35. The van der Waals surface area contributed by atoms with Crippen molar-refractivity contribution < 1.29 is 8.78 Å². The van der Waals surface area contributed by atoms with E-state index in [-0.39, 0.29) is 6.04 Å². The molecule has 21 heavy (non-hydrogen) atoms. The van der Waals surface area contributed by atoms with E-state index in [2.05, 4.69) is 4.90 Å². The first kappa shape index (κ1) is 14.9. The van der Waals surface area contributed by atoms with E-state index >= 15 is 0 Å². The Morgan fingerprint density at radius 2 is 1.90 bits per heavy atom. The van der Waals surface area contributed by atoms with E-state index in [1.54, 1.807) is 12.1 Å². The van der Waals surface area contributed by atoms with Crippen molar-refractivity contribution in [2.24, 2.45) is 11.7 Å². The summed E-state index contributed by atoms with van der Waals surface area (Å²) in [6, 6.07) is 4.72. The fraction of sp³-hybridized carbons (Fsp3) is 0.647. The number of halogens is 2. The summed E-state index contributed by atoms with van der Waals surface area (Å²) in [6.07, 6.45) is 7.44. The summed E-state index contributed by atoms with van der Waals surface area (Å²) < 4.78 is 27.7. The normalized spacial score (nSPS) is 25.6. The highest BCUT2D eigenvalue weighted by Crippen LogP contribution is 2.39. The maximum absolute atomic E-state index is 14.1. The highest BCUT2D eigenvalue weighted by atomic mass is 19.2. The fourth-order valence-electron chi connectivity index (χ4n) is 4.27. The summed E-state index contributed by atoms with van der Waals surface area (Å²) in [4.78, 5) is 2.34. The van der Waals surface area contributed by atoms with Gasteiger partial charge >= 0.3 is 0 Å². The molecule has 2 atom stereocenters. The van der Waals surface area contributed by atoms with Gasteiger partial charge in [0.1, 0.15) is 0 Å². The van der Waals surface area contributed by atoms with Crippen LogP contribution in [0, 0.1) is 17.6 Å². The van der Waals surface area contributed by atoms with Crippen molar-refractivity contribution in [1.29, 1.82) is 0 Å². The predicted octanol–water partition coefficient (Wildman–Crippen LogP) is 3.62. The third-order valence-electron chi connectivity index (χ3n) is 5.25. The second-order valence-corrected chi connectivity index (χ2v) is 6.39. The molecule has 0 radical (unpaired) electrons. The molecule has 0 spiro atoms. The molecule has 2 aliphatic rings. The predicted molar refractivity (Wildman–Crippen MR) is 79.8 cm³/mol. The van der Waals surface area contributed by atoms with E-state index in [9.17, 15) is 8.78 Å². The van der Waals surface area contributed by atoms with Gasteiger partial charge in [-0.05, 0) is 44.2 Å². The first-order chi connectivity index (χ1) is 10.2. The van der Waals surface area contributed by atoms with Crippen molar-refractivity contribution in [3.05, 3.63) is 35.4 Å². The molecule has 0 amide bonds. The zero-order valence-corrected chi connectivity index (χ0v) is 12.4. The van der Waals surface area contributed by atoms with Gasteiger partial charge in [-0.2, -0.15) is 0 Å². The number of rotatable bonds is 4. The summed E-state index contributed by atoms with van der Waals surface area (Å²) in [7, 11) is 0. The molecule has 2 nitrogen and oxygen atoms in total. The van der Waals surface area contributed by atoms with E-state index < -0.39 is 11.6 Å². The minimum Gasteiger partial charge on any atom is -0.329 e. The van der Waals surface area contributed by atoms with Gasteiger partial charge in [-0.3, -0.25) is 4.90 Å². The molecule has 1 aromatic carbocycles. The summed E-state index contributed by atoms with van der Waals surface area (Å²) in [6.45, 7) is 1.28. The van der Waals surface area contributed by atoms with Gasteiger partial charge in [0.05, 0.1) is 6.04 Å². The van der Waals surface area contributed by atoms with Crippen LogP contribution >= 0.6 is 0 Å². The van der Waals surface area contributed by atoms with Gasteiger partial charge in [0, 0.05) is 18.2 Å². The van der Waals surface area contributed by atoms with Gasteiger partial charge in [0.15, 0.2) is 11.6 Å². The van der Waals surface area contributed by atoms with Crippen LogP contribution in [0.2, 0.25) is 0 Å². The molecule has 0 aromatic heterocycles. The van der Waals surface area contributed by atoms with Gasteiger partial charge in [0.2, 0.25) is 0 Å². The van der Waals surface area contributed by atoms with Crippen LogP contribution < -0.4 is 5.73 Å². The molecule has 1 saturated carbocycles. The van der Waals surface area contributed by atoms with Crippen LogP contribution in [0.4, 0.5) is 8.78 Å². The van der Waals surface area contributed by atoms with E-state index in [0.29, 0.717) is 24.1 Å². The van der Waals surface area contributed by atoms with Crippen molar-refractivity contribution in [3.8, 4) is 0 Å². The lowest BCUT2D eigenvalue weighted by atomic mass is 9.93. The molecule has 116 valence electrons. The largest absolute Gasteiger partial charge is 0.329 e. The molecule has 1 saturated heterocycles. The van der Waals surface area contributed by atoms with Crippen molar-refractivity contribution in [3.63, 3.8) is 0 Å². The van der Waals surface area contributed by atoms with Crippen LogP contribution in [-0.2, 0) is 0 Å². The minimum absolute atomic E-state index is 0.200. The van der Waals surface area contributed by atoms with E-state index in [0.717, 1.165) is 19.4 Å². The van der Waals surface area contributed by atoms with Gasteiger partial charge < -0.3 is 5.73 Å². The van der Waals surface area contributed by atoms with Gasteiger partial charge in [-0.1, -0.05) is 25.0 Å². The number of nitrogens with two attached hydrogens (primary N) is 1. The standard InChI is InChI=1S/C17H24F2N2/c18-14-8-3-7-13(17(14)19)16(11-20)21-10-4-9-15(21)12-5-1-2-6-12/h3,7-8,12,15-16H,1-2,4-6,9-11,20H2. The average Bonchev–Trinajstić information content (AvgIpc) is 3.14. The molecule has 3 rings (SSSR count). The summed E-state index contributed by atoms with van der Waals surface area (Å²) >= 11 is 0. The van der Waals surface area contributed by atoms with Crippen molar-refractivity contribution >= 4 is 0 Å². The molecule has 1 aliphatic heterocycles. The van der Waals surface area contributed by atoms with Gasteiger partial charge in [-0.25, -0.2) is 8.78 Å². The fourth-order valence-corrected chi connectivity index (χ4v) is 4.27. The molecule has 2 fully saturated rings. The number of likely N-dealkylation sites (tertiary alicyclic amines) is 1. The van der Waals surface area contributed by atoms with Gasteiger partial charge in [0.25, 0.3) is 0 Å². The Morgan fingerprint density at radius 1 is 1.14 bits per heavy atom. The summed E-state index contributed by atoms with van der Waals surface area (Å²) in [5, 5.41) is 0. The molecular weight excluding hydrogens is 270 g/mol. The Kier molecular flexibility index (Phi) is 4.55. The summed E-state index contributed by atoms with van der Waals surface area (Å²) in [5.74, 6) is -0.800. The Hall–Kier alpha value is -1.00. The lowest BCUT2D eigenvalue weighted by molar-refractivity contribution is 0.135. The number of nitrogens with zero attached hydrogens (tertiary/aromatic N) is 1. The molecule has 2 unspecified atom stereocenters. The van der Waals surface area contributed by atoms with E-state index in [4.69, 9.17) is 5.73 Å². The Morgan fingerprint density at radius 3 is 2.62 bits per heavy atom. The second kappa shape index (κ2) is 6.41. The lowest BCUT2D eigenvalue weighted by Crippen LogP contribution is -2.41. The first-order valence-corrected chi connectivity index (χ1v) is 8.12. The monoisotopic (exact) mass is 294 g/mol. The molecule has 1 aromatic rings. The minimum atomic E-state index is -0.775. The topological polar surface area (TPSA) is 29.3 Å². The van der Waals surface area contributed by atoms with Crippen LogP contribution in [0.5, 0.6) is 0 Å². The zero-order chi connectivity index (χ0) is 14.8. The third kappa shape index (κ3) is 2.84. The highest BCUT2D eigenvalue weighted by molar-refractivity contribution is 5.23. The van der Waals surface area contributed by atoms with E-state index in [1.165, 1.54) is 31.7 Å². The van der Waals surface area contributed by atoms with Crippen LogP contribution in [0.3, 0.4) is 0 Å². The molecule has 0 bridgehead atoms. The lowest BCUT2D eigenvalue weighted by Gasteiger charge is -2.36. The van der Waals surface area contributed by atoms with Crippen molar-refractivity contribution in [2.75, 3.05) is 13.1 Å². The maximum Gasteiger partial charge on any atom is 0.163 e. The first-order valence-electron chi connectivity index (χ1n) is 8.12. The smallest absolute Gasteiger partial charge is 0.163 e. The Bertz CT molecular complexity index is 486. The van der Waals surface area contributed by atoms with Crippen LogP contribution in [-0.4, -0.2) is 24.0 Å². The second-order valence-electron chi connectivity index (χ2n) is 6.39. The highest BCUT2D eigenvalue weighted by Gasteiger charge is 2.37. The maximum atomic E-state index is 14.1. The molecule has 2 N–H and O–H groups in total. The number of hydrogen-bond acceptors (Lipinski definition) is 2. The molecule has 1 aliphatic carbocycles. The van der Waals surface area contributed by atoms with Crippen LogP contribution in [0.25, 0.3) is 0 Å². The van der Waals surface area contributed by atoms with Gasteiger partial charge in [-0.15, -0.1) is 0 Å². The van der Waals surface area contributed by atoms with Crippen molar-refractivity contribution in [2.45, 2.75) is 50.6 Å². The van der Waals surface area contributed by atoms with E-state index in [1.807, 2.05) is 0 Å².